The van der Waals surface area contributed by atoms with Crippen molar-refractivity contribution in [2.45, 2.75) is 59.3 Å². The van der Waals surface area contributed by atoms with Gasteiger partial charge in [-0.05, 0) is 91.2 Å². The van der Waals surface area contributed by atoms with Crippen molar-refractivity contribution in [3.8, 4) is 18.2 Å². The molecule has 0 aliphatic carbocycles. The van der Waals surface area contributed by atoms with Gasteiger partial charge in [0.2, 0.25) is 0 Å². The minimum Gasteiger partial charge on any atom is -0.395 e. The van der Waals surface area contributed by atoms with Crippen LogP contribution in [0.5, 0.6) is 0 Å². The summed E-state index contributed by atoms with van der Waals surface area (Å²) in [5.74, 6) is 2.85. The topological polar surface area (TPSA) is 367 Å². The lowest BCUT2D eigenvalue weighted by Gasteiger charge is -2.38. The minimum absolute atomic E-state index is 0.0221. The number of aliphatic hydroxyl groups excluding tert-OH is 3. The summed E-state index contributed by atoms with van der Waals surface area (Å²) < 4.78 is 0. The average Bonchev–Trinajstić information content (AvgIpc) is 0.926. The van der Waals surface area contributed by atoms with E-state index in [9.17, 15) is 40.4 Å². The van der Waals surface area contributed by atoms with Crippen LogP contribution in [0.4, 0.5) is 17.1 Å². The molecule has 3 saturated heterocycles. The largest absolute Gasteiger partial charge is 0.395 e. The van der Waals surface area contributed by atoms with Crippen LogP contribution in [-0.2, 0) is 14.4 Å². The Labute approximate surface area is 543 Å². The summed E-state index contributed by atoms with van der Waals surface area (Å²) in [4.78, 5) is 74.3. The molecule has 3 fully saturated rings. The van der Waals surface area contributed by atoms with Crippen molar-refractivity contribution in [2.75, 3.05) is 151 Å². The highest BCUT2D eigenvalue weighted by atomic mass is 79.9. The van der Waals surface area contributed by atoms with Crippen molar-refractivity contribution in [2.24, 2.45) is 52.7 Å². The number of nitriles is 3. The predicted octanol–water partition coefficient (Wildman–Crippen LogP) is 4.20. The fourth-order valence-corrected chi connectivity index (χ4v) is 13.0. The molecule has 0 saturated carbocycles. The highest BCUT2D eigenvalue weighted by Crippen LogP contribution is 2.36. The van der Waals surface area contributed by atoms with Gasteiger partial charge in [0.1, 0.15) is 68.7 Å². The molecule has 3 aromatic heterocycles. The van der Waals surface area contributed by atoms with E-state index in [2.05, 4.69) is 105 Å². The number of nitrogens with one attached hydrogen (secondary N) is 1. The Morgan fingerprint density at radius 2 is 0.824 bits per heavy atom. The van der Waals surface area contributed by atoms with Crippen LogP contribution >= 0.6 is 15.9 Å². The van der Waals surface area contributed by atoms with Gasteiger partial charge in [-0.25, -0.2) is 0 Å². The summed E-state index contributed by atoms with van der Waals surface area (Å²) in [5, 5.41) is 57.9. The standard InChI is InChI=1S/2C22H30N6O2.C18H19BrN4O.C4H12N2O/c2*1-16-10-17(11-19(30)15-27(7-4-23)8-9-29)14-28(13-16)20-3-2-18(12-24)21-22(20)26-6-5-25-21;1-12-6-13(7-15(24)8-19)11-23(10-12)16-3-2-14(9-20)17-18(16)22-5-4-21-17;5-1-2-6-3-4-7/h2*2-3,5-6,16-17,29H,4,7-11,13-15,23H2,1H3;2-5,12-13H,6-8,10-11H2,1H3;6-7H,1-5H2/t2*16-,17-;12-,13-;/m000./s1. The summed E-state index contributed by atoms with van der Waals surface area (Å²) >= 11 is 3.25. The fraction of sp³-hybridized carbons (Fsp3) is 0.545. The SMILES string of the molecule is C[C@H]1C[C@@H](CC(=O)CBr)CN(c2ccc(C#N)c3nccnc23)C1.C[C@H]1C[C@@H](CC(=O)CN(CCN)CCO)CN(c2ccc(C#N)c3nccnc23)C1.C[C@H]1C[C@@H](CC(=O)CN(CCN)CCO)CN(c2ccc(C#N)c3nccnc23)C1.NCCNCCO. The van der Waals surface area contributed by atoms with Gasteiger partial charge in [0, 0.05) is 155 Å². The normalized spacial score (nSPS) is 18.9. The predicted molar refractivity (Wildman–Crippen MR) is 358 cm³/mol. The third kappa shape index (κ3) is 21.9. The molecule has 10 N–H and O–H groups in total. The molecule has 24 nitrogen and oxygen atoms in total. The molecule has 0 amide bonds. The summed E-state index contributed by atoms with van der Waals surface area (Å²) in [5.41, 5.74) is 24.9. The number of carbonyl (C=O) groups excluding carboxylic acids is 3. The quantitative estimate of drug-likeness (QED) is 0.0295. The van der Waals surface area contributed by atoms with E-state index in [1.165, 1.54) is 0 Å². The maximum atomic E-state index is 12.7. The second-order valence-corrected chi connectivity index (χ2v) is 24.6. The minimum atomic E-state index is 0.0221. The molecule has 3 aliphatic rings. The maximum absolute atomic E-state index is 12.7. The number of hydrogen-bond donors (Lipinski definition) is 7. The number of Topliss-reactive ketones (excluding diaryl/α,β-unsaturated/α-hetero) is 3. The molecule has 0 spiro atoms. The van der Waals surface area contributed by atoms with E-state index in [4.69, 9.17) is 22.3 Å². The molecule has 0 bridgehead atoms. The molecule has 9 rings (SSSR count). The van der Waals surface area contributed by atoms with E-state index in [1.807, 2.05) is 34.1 Å². The van der Waals surface area contributed by atoms with Gasteiger partial charge in [0.05, 0.1) is 72.0 Å². The number of anilines is 3. The van der Waals surface area contributed by atoms with Gasteiger partial charge in [-0.3, -0.25) is 54.1 Å². The number of hydrogen-bond acceptors (Lipinski definition) is 24. The molecule has 0 radical (unpaired) electrons. The van der Waals surface area contributed by atoms with Crippen LogP contribution in [0, 0.1) is 69.5 Å². The number of nitrogens with zero attached hydrogens (tertiary/aromatic N) is 14. The number of alkyl halides is 1. The van der Waals surface area contributed by atoms with Crippen molar-refractivity contribution < 1.29 is 29.7 Å². The van der Waals surface area contributed by atoms with E-state index < -0.39 is 0 Å². The molecule has 488 valence electrons. The molecule has 6 heterocycles. The van der Waals surface area contributed by atoms with Gasteiger partial charge in [-0.15, -0.1) is 0 Å². The molecule has 6 aromatic rings. The lowest BCUT2D eigenvalue weighted by molar-refractivity contribution is -0.122. The Bertz CT molecular complexity index is 3250. The number of rotatable bonds is 26. The van der Waals surface area contributed by atoms with Crippen LogP contribution in [0.15, 0.2) is 73.6 Å². The van der Waals surface area contributed by atoms with Gasteiger partial charge in [-0.2, -0.15) is 15.8 Å². The van der Waals surface area contributed by atoms with Gasteiger partial charge < -0.3 is 52.5 Å². The zero-order chi connectivity index (χ0) is 65.7. The summed E-state index contributed by atoms with van der Waals surface area (Å²) in [6, 6.07) is 17.8. The average molecular weight is 1310 g/mol. The molecular formula is C66H91BrN18O6. The Kier molecular flexibility index (Phi) is 30.8. The number of aromatic nitrogens is 6. The van der Waals surface area contributed by atoms with Crippen molar-refractivity contribution in [3.63, 3.8) is 0 Å². The van der Waals surface area contributed by atoms with Gasteiger partial charge in [-0.1, -0.05) is 36.7 Å². The molecular weight excluding hydrogens is 1220 g/mol. The highest BCUT2D eigenvalue weighted by molar-refractivity contribution is 9.09. The Balaban J connectivity index is 0.000000207. The van der Waals surface area contributed by atoms with Crippen molar-refractivity contribution in [1.29, 1.82) is 15.8 Å². The van der Waals surface area contributed by atoms with Crippen molar-refractivity contribution >= 4 is 83.4 Å². The molecule has 0 unspecified atom stereocenters. The van der Waals surface area contributed by atoms with Crippen molar-refractivity contribution in [3.05, 3.63) is 90.3 Å². The summed E-state index contributed by atoms with van der Waals surface area (Å²) in [6.07, 6.45) is 14.5. The first-order valence-electron chi connectivity index (χ1n) is 31.5. The lowest BCUT2D eigenvalue weighted by atomic mass is 9.86. The smallest absolute Gasteiger partial charge is 0.147 e. The third-order valence-electron chi connectivity index (χ3n) is 16.3. The Hall–Kier alpha value is -7.32. The fourth-order valence-electron chi connectivity index (χ4n) is 12.8. The van der Waals surface area contributed by atoms with Crippen LogP contribution in [0.2, 0.25) is 0 Å². The first kappa shape index (κ1) is 72.7. The second-order valence-electron chi connectivity index (χ2n) is 24.0. The number of benzene rings is 3. The molecule has 25 heteroatoms. The van der Waals surface area contributed by atoms with Crippen molar-refractivity contribution in [1.82, 2.24) is 45.0 Å². The first-order valence-corrected chi connectivity index (χ1v) is 32.6. The number of aliphatic hydroxyl groups is 3. The molecule has 3 aromatic carbocycles. The number of halogens is 1. The molecule has 3 aliphatic heterocycles. The lowest BCUT2D eigenvalue weighted by Crippen LogP contribution is -2.42. The van der Waals surface area contributed by atoms with Gasteiger partial charge in [0.15, 0.2) is 0 Å². The molecule has 91 heavy (non-hydrogen) atoms. The van der Waals surface area contributed by atoms with E-state index in [-0.39, 0.29) is 49.0 Å². The van der Waals surface area contributed by atoms with E-state index in [1.54, 1.807) is 49.3 Å². The zero-order valence-corrected chi connectivity index (χ0v) is 54.5. The zero-order valence-electron chi connectivity index (χ0n) is 52.9. The van der Waals surface area contributed by atoms with Crippen LogP contribution in [0.3, 0.4) is 0 Å². The number of fused-ring (bicyclic) bond motifs is 3. The van der Waals surface area contributed by atoms with Crippen LogP contribution in [0.1, 0.15) is 76.0 Å². The number of piperidine rings is 3. The van der Waals surface area contributed by atoms with Crippen LogP contribution < -0.4 is 37.2 Å². The highest BCUT2D eigenvalue weighted by Gasteiger charge is 2.32. The second kappa shape index (κ2) is 38.5. The number of nitrogens with two attached hydrogens (primary N) is 3. The maximum Gasteiger partial charge on any atom is 0.147 e. The Morgan fingerprint density at radius 1 is 0.495 bits per heavy atom. The van der Waals surface area contributed by atoms with Crippen LogP contribution in [-0.4, -0.2) is 209 Å². The van der Waals surface area contributed by atoms with Gasteiger partial charge in [0.25, 0.3) is 0 Å². The summed E-state index contributed by atoms with van der Waals surface area (Å²) in [6.45, 7) is 17.7. The molecule has 6 atom stereocenters. The monoisotopic (exact) mass is 1310 g/mol. The van der Waals surface area contributed by atoms with Crippen LogP contribution in [0.25, 0.3) is 33.1 Å². The number of ketones is 3. The third-order valence-corrected chi connectivity index (χ3v) is 16.9. The Morgan fingerprint density at radius 3 is 1.11 bits per heavy atom. The first-order chi connectivity index (χ1) is 44.1. The van der Waals surface area contributed by atoms with Gasteiger partial charge >= 0.3 is 0 Å². The van der Waals surface area contributed by atoms with E-state index >= 15 is 0 Å². The van der Waals surface area contributed by atoms with E-state index in [0.29, 0.717) is 147 Å². The summed E-state index contributed by atoms with van der Waals surface area (Å²) in [7, 11) is 0. The number of carbonyl (C=O) groups is 3. The van der Waals surface area contributed by atoms with E-state index in [0.717, 1.165) is 98.7 Å².